The van der Waals surface area contributed by atoms with E-state index in [4.69, 9.17) is 14.6 Å². The Morgan fingerprint density at radius 3 is 3.00 bits per heavy atom. The number of carbonyl (C=O) groups is 1. The summed E-state index contributed by atoms with van der Waals surface area (Å²) in [6, 6.07) is 3.23. The zero-order chi connectivity index (χ0) is 10.1. The van der Waals surface area contributed by atoms with Crippen LogP contribution in [0.4, 0.5) is 0 Å². The van der Waals surface area contributed by atoms with Crippen LogP contribution in [0.3, 0.4) is 0 Å². The van der Waals surface area contributed by atoms with Gasteiger partial charge in [0.05, 0.1) is 12.2 Å². The summed E-state index contributed by atoms with van der Waals surface area (Å²) in [5, 5.41) is 8.89. The van der Waals surface area contributed by atoms with Gasteiger partial charge >= 0.3 is 5.97 Å². The number of carboxylic acid groups (broad SMARTS) is 1. The Morgan fingerprint density at radius 1 is 1.50 bits per heavy atom. The molecule has 1 aliphatic heterocycles. The molecule has 1 heterocycles. The third-order valence-electron chi connectivity index (χ3n) is 2.33. The molecule has 0 fully saturated rings. The number of carboxylic acids is 1. The van der Waals surface area contributed by atoms with Crippen LogP contribution in [0, 0.1) is 6.92 Å². The van der Waals surface area contributed by atoms with Gasteiger partial charge < -0.3 is 14.6 Å². The van der Waals surface area contributed by atoms with Gasteiger partial charge in [-0.3, -0.25) is 0 Å². The average molecular weight is 194 g/mol. The fraction of sp³-hybridized carbons (Fsp3) is 0.300. The van der Waals surface area contributed by atoms with E-state index in [2.05, 4.69) is 0 Å². The van der Waals surface area contributed by atoms with Gasteiger partial charge in [-0.1, -0.05) is 0 Å². The molecule has 1 aliphatic rings. The monoisotopic (exact) mass is 194 g/mol. The molecule has 0 bridgehead atoms. The molecule has 0 unspecified atom stereocenters. The van der Waals surface area contributed by atoms with Gasteiger partial charge in [0.1, 0.15) is 5.75 Å². The van der Waals surface area contributed by atoms with Crippen molar-refractivity contribution in [2.45, 2.75) is 13.5 Å². The highest BCUT2D eigenvalue weighted by Crippen LogP contribution is 2.28. The van der Waals surface area contributed by atoms with Gasteiger partial charge in [-0.15, -0.1) is 0 Å². The topological polar surface area (TPSA) is 55.8 Å². The zero-order valence-corrected chi connectivity index (χ0v) is 7.74. The highest BCUT2D eigenvalue weighted by Gasteiger charge is 2.17. The summed E-state index contributed by atoms with van der Waals surface area (Å²) in [5.41, 5.74) is 1.85. The van der Waals surface area contributed by atoms with Crippen LogP contribution in [-0.2, 0) is 11.3 Å². The highest BCUT2D eigenvalue weighted by molar-refractivity contribution is 5.90. The van der Waals surface area contributed by atoms with Gasteiger partial charge in [0.2, 0.25) is 0 Å². The fourth-order valence-corrected chi connectivity index (χ4v) is 1.53. The van der Waals surface area contributed by atoms with Crippen LogP contribution in [-0.4, -0.2) is 17.9 Å². The smallest absolute Gasteiger partial charge is 0.335 e. The van der Waals surface area contributed by atoms with Crippen molar-refractivity contribution in [2.24, 2.45) is 0 Å². The Bertz CT molecular complexity index is 384. The molecular formula is C10H10O4. The second-order valence-corrected chi connectivity index (χ2v) is 3.13. The van der Waals surface area contributed by atoms with E-state index in [1.54, 1.807) is 19.1 Å². The lowest BCUT2D eigenvalue weighted by molar-refractivity contribution is -0.0167. The lowest BCUT2D eigenvalue weighted by Crippen LogP contribution is -2.14. The molecule has 74 valence electrons. The third-order valence-corrected chi connectivity index (χ3v) is 2.33. The molecule has 0 saturated heterocycles. The van der Waals surface area contributed by atoms with E-state index in [1.165, 1.54) is 0 Å². The average Bonchev–Trinajstić information content (AvgIpc) is 2.18. The number of ether oxygens (including phenoxy) is 2. The minimum atomic E-state index is -0.920. The van der Waals surface area contributed by atoms with Crippen molar-refractivity contribution >= 4 is 5.97 Å². The summed E-state index contributed by atoms with van der Waals surface area (Å²) >= 11 is 0. The summed E-state index contributed by atoms with van der Waals surface area (Å²) in [6.07, 6.45) is 0. The molecular weight excluding hydrogens is 184 g/mol. The predicted molar refractivity (Wildman–Crippen MR) is 48.4 cm³/mol. The van der Waals surface area contributed by atoms with Crippen LogP contribution < -0.4 is 4.74 Å². The van der Waals surface area contributed by atoms with Gasteiger partial charge in [0, 0.05) is 5.56 Å². The van der Waals surface area contributed by atoms with Crippen molar-refractivity contribution in [3.8, 4) is 5.75 Å². The predicted octanol–water partition coefficient (Wildman–Crippen LogP) is 1.56. The van der Waals surface area contributed by atoms with E-state index in [0.717, 1.165) is 16.9 Å². The Kier molecular flexibility index (Phi) is 2.13. The molecule has 1 aromatic carbocycles. The molecule has 0 amide bonds. The van der Waals surface area contributed by atoms with Gasteiger partial charge in [-0.2, -0.15) is 0 Å². The van der Waals surface area contributed by atoms with Crippen molar-refractivity contribution in [3.05, 3.63) is 28.8 Å². The SMILES string of the molecule is Cc1c(C(=O)O)ccc2c1COCO2. The first-order chi connectivity index (χ1) is 6.70. The van der Waals surface area contributed by atoms with Crippen molar-refractivity contribution < 1.29 is 19.4 Å². The quantitative estimate of drug-likeness (QED) is 0.737. The first-order valence-electron chi connectivity index (χ1n) is 4.26. The Hall–Kier alpha value is -1.55. The van der Waals surface area contributed by atoms with Crippen LogP contribution in [0.2, 0.25) is 0 Å². The first kappa shape index (κ1) is 9.02. The molecule has 0 atom stereocenters. The van der Waals surface area contributed by atoms with Crippen molar-refractivity contribution in [2.75, 3.05) is 6.79 Å². The molecule has 0 spiro atoms. The third kappa shape index (κ3) is 1.33. The minimum absolute atomic E-state index is 0.235. The molecule has 4 nitrogen and oxygen atoms in total. The second kappa shape index (κ2) is 3.31. The minimum Gasteiger partial charge on any atom is -0.478 e. The number of fused-ring (bicyclic) bond motifs is 1. The van der Waals surface area contributed by atoms with E-state index in [1.807, 2.05) is 0 Å². The van der Waals surface area contributed by atoms with Crippen LogP contribution in [0.15, 0.2) is 12.1 Å². The summed E-state index contributed by atoms with van der Waals surface area (Å²) in [6.45, 7) is 2.42. The molecule has 0 saturated carbocycles. The van der Waals surface area contributed by atoms with Crippen molar-refractivity contribution in [1.29, 1.82) is 0 Å². The number of rotatable bonds is 1. The summed E-state index contributed by atoms with van der Waals surface area (Å²) in [4.78, 5) is 10.8. The van der Waals surface area contributed by atoms with Gasteiger partial charge in [0.25, 0.3) is 0 Å². The van der Waals surface area contributed by atoms with E-state index in [0.29, 0.717) is 12.2 Å². The number of hydrogen-bond acceptors (Lipinski definition) is 3. The van der Waals surface area contributed by atoms with Crippen LogP contribution in [0.5, 0.6) is 5.75 Å². The molecule has 14 heavy (non-hydrogen) atoms. The highest BCUT2D eigenvalue weighted by atomic mass is 16.7. The fourth-order valence-electron chi connectivity index (χ4n) is 1.53. The number of benzene rings is 1. The van der Waals surface area contributed by atoms with Gasteiger partial charge in [-0.05, 0) is 24.6 Å². The Balaban J connectivity index is 2.54. The number of aromatic carboxylic acids is 1. The molecule has 4 heteroatoms. The van der Waals surface area contributed by atoms with E-state index in [-0.39, 0.29) is 6.79 Å². The van der Waals surface area contributed by atoms with Gasteiger partial charge in [-0.25, -0.2) is 4.79 Å². The molecule has 1 aromatic rings. The van der Waals surface area contributed by atoms with Crippen molar-refractivity contribution in [3.63, 3.8) is 0 Å². The lowest BCUT2D eigenvalue weighted by atomic mass is 10.0. The summed E-state index contributed by atoms with van der Waals surface area (Å²) in [5.74, 6) is -0.199. The Labute approximate surface area is 81.1 Å². The summed E-state index contributed by atoms with van der Waals surface area (Å²) < 4.78 is 10.3. The maximum Gasteiger partial charge on any atom is 0.335 e. The van der Waals surface area contributed by atoms with E-state index in [9.17, 15) is 4.79 Å². The molecule has 0 aromatic heterocycles. The van der Waals surface area contributed by atoms with Crippen LogP contribution in [0.1, 0.15) is 21.5 Å². The maximum absolute atomic E-state index is 10.8. The zero-order valence-electron chi connectivity index (χ0n) is 7.74. The second-order valence-electron chi connectivity index (χ2n) is 3.13. The van der Waals surface area contributed by atoms with Gasteiger partial charge in [0.15, 0.2) is 6.79 Å². The van der Waals surface area contributed by atoms with Crippen LogP contribution in [0.25, 0.3) is 0 Å². The normalized spacial score (nSPS) is 14.4. The van der Waals surface area contributed by atoms with E-state index < -0.39 is 5.97 Å². The summed E-state index contributed by atoms with van der Waals surface area (Å²) in [7, 11) is 0. The van der Waals surface area contributed by atoms with Crippen molar-refractivity contribution in [1.82, 2.24) is 0 Å². The lowest BCUT2D eigenvalue weighted by Gasteiger charge is -2.20. The first-order valence-corrected chi connectivity index (χ1v) is 4.26. The standard InChI is InChI=1S/C10H10O4/c1-6-7(10(11)12)2-3-9-8(6)4-13-5-14-9/h2-3H,4-5H2,1H3,(H,11,12). The molecule has 0 radical (unpaired) electrons. The van der Waals surface area contributed by atoms with E-state index >= 15 is 0 Å². The Morgan fingerprint density at radius 2 is 2.29 bits per heavy atom. The molecule has 1 N–H and O–H groups in total. The molecule has 2 rings (SSSR count). The van der Waals surface area contributed by atoms with Crippen LogP contribution >= 0.6 is 0 Å². The maximum atomic E-state index is 10.8. The molecule has 0 aliphatic carbocycles. The largest absolute Gasteiger partial charge is 0.478 e. The number of hydrogen-bond donors (Lipinski definition) is 1.